The minimum atomic E-state index is -4.26. The summed E-state index contributed by atoms with van der Waals surface area (Å²) >= 11 is 5.71. The highest BCUT2D eigenvalue weighted by Gasteiger charge is 2.41. The Morgan fingerprint density at radius 2 is 1.95 bits per heavy atom. The molecule has 0 bridgehead atoms. The van der Waals surface area contributed by atoms with Crippen LogP contribution in [0.5, 0.6) is 0 Å². The van der Waals surface area contributed by atoms with Gasteiger partial charge in [-0.25, -0.2) is 13.2 Å². The van der Waals surface area contributed by atoms with Gasteiger partial charge >= 0.3 is 12.3 Å². The highest BCUT2D eigenvalue weighted by atomic mass is 35.5. The highest BCUT2D eigenvalue weighted by Crippen LogP contribution is 2.23. The van der Waals surface area contributed by atoms with E-state index >= 15 is 0 Å². The molecular weight excluding hydrogens is 307 g/mol. The average Bonchev–Trinajstić information content (AvgIpc) is 2.32. The van der Waals surface area contributed by atoms with Crippen molar-refractivity contribution >= 4 is 11.6 Å². The summed E-state index contributed by atoms with van der Waals surface area (Å²) in [4.78, 5) is 0. The van der Waals surface area contributed by atoms with Gasteiger partial charge in [0.2, 0.25) is 0 Å². The summed E-state index contributed by atoms with van der Waals surface area (Å²) in [5.74, 6) is -4.81. The molecule has 1 aromatic rings. The number of hydrogen-bond donors (Lipinski definition) is 1. The van der Waals surface area contributed by atoms with Gasteiger partial charge in [0, 0.05) is 11.4 Å². The van der Waals surface area contributed by atoms with E-state index in [-0.39, 0.29) is 11.4 Å². The third-order valence-corrected chi connectivity index (χ3v) is 2.75. The van der Waals surface area contributed by atoms with Gasteiger partial charge in [-0.1, -0.05) is 17.7 Å². The van der Waals surface area contributed by atoms with Gasteiger partial charge in [0.25, 0.3) is 0 Å². The normalized spacial score (nSPS) is 13.8. The van der Waals surface area contributed by atoms with Gasteiger partial charge in [-0.05, 0) is 17.7 Å². The fourth-order valence-corrected chi connectivity index (χ4v) is 1.64. The molecule has 0 aliphatic heterocycles. The van der Waals surface area contributed by atoms with Crippen molar-refractivity contribution in [3.05, 3.63) is 34.6 Å². The molecule has 1 aromatic carbocycles. The molecule has 114 valence electrons. The average molecular weight is 319 g/mol. The lowest BCUT2D eigenvalue weighted by molar-refractivity contribution is -0.170. The number of ether oxygens (including phenoxy) is 1. The molecule has 0 spiro atoms. The minimum Gasteiger partial charge on any atom is -0.390 e. The van der Waals surface area contributed by atoms with Gasteiger partial charge < -0.3 is 9.84 Å². The molecule has 1 atom stereocenters. The maximum atomic E-state index is 12.8. The molecule has 0 amide bonds. The molecular formula is C12H12ClF5O2. The molecule has 1 N–H and O–H groups in total. The largest absolute Gasteiger partial charge is 0.390 e. The predicted octanol–water partition coefficient (Wildman–Crippen LogP) is 3.30. The summed E-state index contributed by atoms with van der Waals surface area (Å²) in [7, 11) is 0. The van der Waals surface area contributed by atoms with E-state index in [1.54, 1.807) is 0 Å². The fraction of sp³-hybridized carbons (Fsp3) is 0.500. The number of benzene rings is 1. The van der Waals surface area contributed by atoms with E-state index < -0.39 is 37.5 Å². The maximum Gasteiger partial charge on any atom is 0.330 e. The van der Waals surface area contributed by atoms with Crippen LogP contribution in [-0.2, 0) is 11.2 Å². The second-order valence-corrected chi connectivity index (χ2v) is 4.58. The van der Waals surface area contributed by atoms with E-state index in [9.17, 15) is 27.1 Å². The zero-order chi connectivity index (χ0) is 15.3. The Kier molecular flexibility index (Phi) is 6.16. The van der Waals surface area contributed by atoms with Crippen LogP contribution in [0, 0.1) is 5.82 Å². The number of alkyl halides is 4. The van der Waals surface area contributed by atoms with Crippen LogP contribution in [0.25, 0.3) is 0 Å². The first kappa shape index (κ1) is 17.1. The van der Waals surface area contributed by atoms with E-state index in [0.29, 0.717) is 5.56 Å². The van der Waals surface area contributed by atoms with Crippen molar-refractivity contribution in [1.82, 2.24) is 0 Å². The minimum absolute atomic E-state index is 0.0701. The summed E-state index contributed by atoms with van der Waals surface area (Å²) < 4.78 is 65.8. The molecule has 1 unspecified atom stereocenters. The van der Waals surface area contributed by atoms with Crippen LogP contribution < -0.4 is 0 Å². The van der Waals surface area contributed by atoms with Crippen molar-refractivity contribution in [1.29, 1.82) is 0 Å². The Hall–Kier alpha value is -0.920. The Labute approximate surface area is 117 Å². The van der Waals surface area contributed by atoms with E-state index in [4.69, 9.17) is 11.6 Å². The SMILES string of the molecule is OC(COCC(F)(F)C(F)F)Cc1ccc(F)cc1Cl. The van der Waals surface area contributed by atoms with Crippen molar-refractivity contribution in [3.63, 3.8) is 0 Å². The van der Waals surface area contributed by atoms with E-state index in [1.807, 2.05) is 0 Å². The number of hydrogen-bond acceptors (Lipinski definition) is 2. The number of aliphatic hydroxyl groups excluding tert-OH is 1. The van der Waals surface area contributed by atoms with Crippen LogP contribution >= 0.6 is 11.6 Å². The van der Waals surface area contributed by atoms with E-state index in [2.05, 4.69) is 4.74 Å². The van der Waals surface area contributed by atoms with Crippen molar-refractivity contribution in [2.24, 2.45) is 0 Å². The molecule has 0 aliphatic rings. The smallest absolute Gasteiger partial charge is 0.330 e. The van der Waals surface area contributed by atoms with E-state index in [0.717, 1.165) is 12.1 Å². The van der Waals surface area contributed by atoms with Crippen LogP contribution in [0.3, 0.4) is 0 Å². The summed E-state index contributed by atoms with van der Waals surface area (Å²) in [6.07, 6.45) is -5.11. The van der Waals surface area contributed by atoms with Crippen LogP contribution in [-0.4, -0.2) is 36.8 Å². The van der Waals surface area contributed by atoms with Crippen LogP contribution in [0.2, 0.25) is 5.02 Å². The number of aliphatic hydroxyl groups is 1. The number of halogens is 6. The first-order valence-corrected chi connectivity index (χ1v) is 5.96. The van der Waals surface area contributed by atoms with Gasteiger partial charge in [0.15, 0.2) is 0 Å². The zero-order valence-corrected chi connectivity index (χ0v) is 10.9. The molecule has 20 heavy (non-hydrogen) atoms. The Bertz CT molecular complexity index is 442. The van der Waals surface area contributed by atoms with Crippen molar-refractivity contribution < 1.29 is 31.8 Å². The quantitative estimate of drug-likeness (QED) is 0.782. The molecule has 0 fully saturated rings. The Morgan fingerprint density at radius 1 is 1.30 bits per heavy atom. The maximum absolute atomic E-state index is 12.8. The summed E-state index contributed by atoms with van der Waals surface area (Å²) in [5, 5.41) is 9.59. The van der Waals surface area contributed by atoms with Crippen LogP contribution in [0.4, 0.5) is 22.0 Å². The first-order valence-electron chi connectivity index (χ1n) is 5.58. The highest BCUT2D eigenvalue weighted by molar-refractivity contribution is 6.31. The molecule has 0 radical (unpaired) electrons. The molecule has 1 rings (SSSR count). The molecule has 0 aromatic heterocycles. The van der Waals surface area contributed by atoms with Crippen molar-refractivity contribution in [3.8, 4) is 0 Å². The number of rotatable bonds is 7. The van der Waals surface area contributed by atoms with Gasteiger partial charge in [0.05, 0.1) is 12.7 Å². The summed E-state index contributed by atoms with van der Waals surface area (Å²) in [5.41, 5.74) is 0.393. The third kappa shape index (κ3) is 5.22. The Morgan fingerprint density at radius 3 is 2.50 bits per heavy atom. The van der Waals surface area contributed by atoms with Gasteiger partial charge in [0.1, 0.15) is 12.4 Å². The molecule has 0 aliphatic carbocycles. The molecule has 2 nitrogen and oxygen atoms in total. The second-order valence-electron chi connectivity index (χ2n) is 4.17. The third-order valence-electron chi connectivity index (χ3n) is 2.39. The molecule has 8 heteroatoms. The van der Waals surface area contributed by atoms with Gasteiger partial charge in [-0.3, -0.25) is 0 Å². The first-order chi connectivity index (χ1) is 9.22. The summed E-state index contributed by atoms with van der Waals surface area (Å²) in [6.45, 7) is -2.05. The summed E-state index contributed by atoms with van der Waals surface area (Å²) in [6, 6.07) is 3.49. The molecule has 0 saturated heterocycles. The molecule has 0 heterocycles. The topological polar surface area (TPSA) is 29.5 Å². The second kappa shape index (κ2) is 7.19. The lowest BCUT2D eigenvalue weighted by atomic mass is 10.1. The zero-order valence-electron chi connectivity index (χ0n) is 10.1. The predicted molar refractivity (Wildman–Crippen MR) is 62.9 cm³/mol. The Balaban J connectivity index is 2.42. The van der Waals surface area contributed by atoms with Crippen molar-refractivity contribution in [2.75, 3.05) is 13.2 Å². The van der Waals surface area contributed by atoms with Crippen LogP contribution in [0.15, 0.2) is 18.2 Å². The monoisotopic (exact) mass is 318 g/mol. The van der Waals surface area contributed by atoms with Gasteiger partial charge in [-0.15, -0.1) is 0 Å². The van der Waals surface area contributed by atoms with E-state index in [1.165, 1.54) is 6.07 Å². The fourth-order valence-electron chi connectivity index (χ4n) is 1.39. The molecule has 0 saturated carbocycles. The van der Waals surface area contributed by atoms with Gasteiger partial charge in [-0.2, -0.15) is 8.78 Å². The standard InChI is InChI=1S/C12H12ClF5O2/c13-10-4-8(14)2-1-7(10)3-9(19)5-20-6-12(17,18)11(15)16/h1-2,4,9,11,19H,3,5-6H2. The lowest BCUT2D eigenvalue weighted by Gasteiger charge is -2.17. The van der Waals surface area contributed by atoms with Crippen molar-refractivity contribution in [2.45, 2.75) is 24.9 Å². The lowest BCUT2D eigenvalue weighted by Crippen LogP contribution is -2.34. The van der Waals surface area contributed by atoms with Crippen LogP contribution in [0.1, 0.15) is 5.56 Å².